The van der Waals surface area contributed by atoms with Crippen LogP contribution in [0, 0.1) is 34.5 Å². The van der Waals surface area contributed by atoms with Crippen molar-refractivity contribution in [2.75, 3.05) is 0 Å². The molecular formula is C21H32O3. The second-order valence-electron chi connectivity index (χ2n) is 9.85. The number of aliphatic hydroxyl groups is 2. The molecule has 3 heteroatoms. The van der Waals surface area contributed by atoms with Gasteiger partial charge in [0.2, 0.25) is 0 Å². The number of rotatable bonds is 2. The number of carbonyl (C=O) groups excluding carboxylic acids is 1. The lowest BCUT2D eigenvalue weighted by Crippen LogP contribution is -2.59. The maximum absolute atomic E-state index is 12.9. The van der Waals surface area contributed by atoms with Gasteiger partial charge in [-0.3, -0.25) is 4.79 Å². The summed E-state index contributed by atoms with van der Waals surface area (Å²) in [6.07, 6.45) is 9.85. The summed E-state index contributed by atoms with van der Waals surface area (Å²) in [6.45, 7) is 6.58. The highest BCUT2D eigenvalue weighted by atomic mass is 16.3. The van der Waals surface area contributed by atoms with E-state index in [1.807, 2.05) is 6.08 Å². The minimum atomic E-state index is -0.880. The van der Waals surface area contributed by atoms with Gasteiger partial charge in [0.15, 0.2) is 0 Å². The average Bonchev–Trinajstić information content (AvgIpc) is 3.25. The Balaban J connectivity index is 1.59. The second kappa shape index (κ2) is 5.17. The first-order valence-electron chi connectivity index (χ1n) is 9.83. The number of fused-ring (bicyclic) bond motifs is 3. The molecule has 0 bridgehead atoms. The molecule has 0 aliphatic heterocycles. The molecule has 0 spiro atoms. The van der Waals surface area contributed by atoms with Crippen LogP contribution < -0.4 is 0 Å². The summed E-state index contributed by atoms with van der Waals surface area (Å²) in [7, 11) is 0. The minimum absolute atomic E-state index is 0.164. The van der Waals surface area contributed by atoms with Gasteiger partial charge in [0.05, 0.1) is 11.7 Å². The molecule has 0 aromatic rings. The second-order valence-corrected chi connectivity index (χ2v) is 9.85. The van der Waals surface area contributed by atoms with Crippen molar-refractivity contribution in [1.82, 2.24) is 0 Å². The standard InChI is InChI=1S/C21H32O3/c1-13-10-16(13)18(23)19(2)7-6-17-14(11-19)4-9-21(24)12-15(22)5-8-20(17,21)3/h4,9,13-17,22,24H,5-8,10-12H2,1-3H3/t13-,14?,15+,16?,17?,19+,20?,21?/m1/s1. The molecule has 0 aromatic carbocycles. The fraction of sp³-hybridized carbons (Fsp3) is 0.857. The number of allylic oxidation sites excluding steroid dienone is 1. The summed E-state index contributed by atoms with van der Waals surface area (Å²) in [4.78, 5) is 12.9. The van der Waals surface area contributed by atoms with Crippen LogP contribution in [-0.4, -0.2) is 27.7 Å². The Bertz CT molecular complexity index is 584. The van der Waals surface area contributed by atoms with Crippen LogP contribution in [0.4, 0.5) is 0 Å². The summed E-state index contributed by atoms with van der Waals surface area (Å²) in [5.74, 6) is 2.19. The Labute approximate surface area is 145 Å². The zero-order valence-electron chi connectivity index (χ0n) is 15.3. The molecule has 2 N–H and O–H groups in total. The zero-order valence-corrected chi connectivity index (χ0v) is 15.3. The van der Waals surface area contributed by atoms with Crippen LogP contribution in [0.5, 0.6) is 0 Å². The Morgan fingerprint density at radius 2 is 1.88 bits per heavy atom. The Morgan fingerprint density at radius 3 is 2.54 bits per heavy atom. The van der Waals surface area contributed by atoms with E-state index in [4.69, 9.17) is 0 Å². The summed E-state index contributed by atoms with van der Waals surface area (Å²) < 4.78 is 0. The first-order valence-corrected chi connectivity index (χ1v) is 9.83. The summed E-state index contributed by atoms with van der Waals surface area (Å²) >= 11 is 0. The summed E-state index contributed by atoms with van der Waals surface area (Å²) in [5, 5.41) is 21.3. The van der Waals surface area contributed by atoms with E-state index in [-0.39, 0.29) is 10.8 Å². The van der Waals surface area contributed by atoms with Crippen molar-refractivity contribution in [3.8, 4) is 0 Å². The SMILES string of the molecule is C[C@@H]1CC1C(=O)[C@@]1(C)CCC2C(C=CC3(O)C[C@@H](O)CCC23C)C1. The van der Waals surface area contributed by atoms with Crippen molar-refractivity contribution in [1.29, 1.82) is 0 Å². The average molecular weight is 332 g/mol. The van der Waals surface area contributed by atoms with Crippen molar-refractivity contribution in [3.63, 3.8) is 0 Å². The van der Waals surface area contributed by atoms with Crippen LogP contribution in [0.15, 0.2) is 12.2 Å². The first-order chi connectivity index (χ1) is 11.2. The maximum Gasteiger partial charge on any atom is 0.142 e. The molecular weight excluding hydrogens is 300 g/mol. The van der Waals surface area contributed by atoms with Gasteiger partial charge in [0.25, 0.3) is 0 Å². The number of hydrogen-bond acceptors (Lipinski definition) is 3. The predicted molar refractivity (Wildman–Crippen MR) is 93.3 cm³/mol. The van der Waals surface area contributed by atoms with Gasteiger partial charge in [0, 0.05) is 23.2 Å². The molecule has 0 saturated heterocycles. The van der Waals surface area contributed by atoms with Crippen LogP contribution in [0.1, 0.15) is 65.7 Å². The van der Waals surface area contributed by atoms with E-state index in [0.717, 1.165) is 38.5 Å². The lowest BCUT2D eigenvalue weighted by molar-refractivity contribution is -0.161. The van der Waals surface area contributed by atoms with Gasteiger partial charge in [-0.25, -0.2) is 0 Å². The monoisotopic (exact) mass is 332 g/mol. The fourth-order valence-electron chi connectivity index (χ4n) is 6.23. The van der Waals surface area contributed by atoms with Gasteiger partial charge in [-0.15, -0.1) is 0 Å². The van der Waals surface area contributed by atoms with Crippen LogP contribution in [0.2, 0.25) is 0 Å². The van der Waals surface area contributed by atoms with E-state index in [1.54, 1.807) is 0 Å². The Hall–Kier alpha value is -0.670. The smallest absolute Gasteiger partial charge is 0.142 e. The number of Topliss-reactive ketones (excluding diaryl/α,β-unsaturated/α-hetero) is 1. The lowest BCUT2D eigenvalue weighted by Gasteiger charge is -2.59. The van der Waals surface area contributed by atoms with Gasteiger partial charge in [0.1, 0.15) is 5.78 Å². The number of aliphatic hydroxyl groups excluding tert-OH is 1. The van der Waals surface area contributed by atoms with Crippen LogP contribution >= 0.6 is 0 Å². The molecule has 3 saturated carbocycles. The van der Waals surface area contributed by atoms with E-state index < -0.39 is 11.7 Å². The number of ketones is 1. The van der Waals surface area contributed by atoms with E-state index >= 15 is 0 Å². The van der Waals surface area contributed by atoms with E-state index in [0.29, 0.717) is 35.9 Å². The molecule has 5 unspecified atom stereocenters. The molecule has 0 aromatic heterocycles. The summed E-state index contributed by atoms with van der Waals surface area (Å²) in [5.41, 5.74) is -1.22. The number of carbonyl (C=O) groups is 1. The molecule has 134 valence electrons. The third-order valence-corrected chi connectivity index (χ3v) is 8.22. The molecule has 0 radical (unpaired) electrons. The van der Waals surface area contributed by atoms with Crippen molar-refractivity contribution >= 4 is 5.78 Å². The molecule has 4 aliphatic rings. The topological polar surface area (TPSA) is 57.5 Å². The van der Waals surface area contributed by atoms with Crippen LogP contribution in [0.25, 0.3) is 0 Å². The molecule has 4 aliphatic carbocycles. The van der Waals surface area contributed by atoms with E-state index in [2.05, 4.69) is 26.8 Å². The van der Waals surface area contributed by atoms with Crippen molar-refractivity contribution in [2.45, 2.75) is 77.4 Å². The highest BCUT2D eigenvalue weighted by Crippen LogP contribution is 2.61. The van der Waals surface area contributed by atoms with Gasteiger partial charge < -0.3 is 10.2 Å². The molecule has 24 heavy (non-hydrogen) atoms. The first kappa shape index (κ1) is 16.8. The van der Waals surface area contributed by atoms with Crippen molar-refractivity contribution in [3.05, 3.63) is 12.2 Å². The van der Waals surface area contributed by atoms with Gasteiger partial charge in [-0.2, -0.15) is 0 Å². The minimum Gasteiger partial charge on any atom is -0.393 e. The van der Waals surface area contributed by atoms with Gasteiger partial charge >= 0.3 is 0 Å². The third kappa shape index (κ3) is 2.27. The molecule has 0 heterocycles. The quantitative estimate of drug-likeness (QED) is 0.761. The van der Waals surface area contributed by atoms with Crippen LogP contribution in [0.3, 0.4) is 0 Å². The lowest BCUT2D eigenvalue weighted by atomic mass is 9.47. The predicted octanol–water partition coefficient (Wildman–Crippen LogP) is 3.49. The molecule has 8 atom stereocenters. The molecule has 3 fully saturated rings. The van der Waals surface area contributed by atoms with Crippen molar-refractivity contribution < 1.29 is 15.0 Å². The highest BCUT2D eigenvalue weighted by Gasteiger charge is 2.60. The third-order valence-electron chi connectivity index (χ3n) is 8.22. The molecule has 3 nitrogen and oxygen atoms in total. The Morgan fingerprint density at radius 1 is 1.17 bits per heavy atom. The van der Waals surface area contributed by atoms with Gasteiger partial charge in [-0.05, 0) is 56.3 Å². The van der Waals surface area contributed by atoms with Crippen LogP contribution in [-0.2, 0) is 4.79 Å². The van der Waals surface area contributed by atoms with E-state index in [9.17, 15) is 15.0 Å². The summed E-state index contributed by atoms with van der Waals surface area (Å²) in [6, 6.07) is 0. The van der Waals surface area contributed by atoms with Crippen molar-refractivity contribution in [2.24, 2.45) is 34.5 Å². The largest absolute Gasteiger partial charge is 0.393 e. The highest BCUT2D eigenvalue weighted by molar-refractivity contribution is 5.89. The number of hydrogen-bond donors (Lipinski definition) is 2. The zero-order chi connectivity index (χ0) is 17.3. The maximum atomic E-state index is 12.9. The Kier molecular flexibility index (Phi) is 3.61. The molecule has 4 rings (SSSR count). The van der Waals surface area contributed by atoms with E-state index in [1.165, 1.54) is 0 Å². The fourth-order valence-corrected chi connectivity index (χ4v) is 6.23. The normalized spacial score (nSPS) is 56.3. The molecule has 0 amide bonds. The van der Waals surface area contributed by atoms with Gasteiger partial charge in [-0.1, -0.05) is 32.9 Å².